The van der Waals surface area contributed by atoms with Gasteiger partial charge in [0.25, 0.3) is 0 Å². The lowest BCUT2D eigenvalue weighted by atomic mass is 10.3. The molecule has 0 radical (unpaired) electrons. The van der Waals surface area contributed by atoms with E-state index in [4.69, 9.17) is 22.7 Å². The highest BCUT2D eigenvalue weighted by molar-refractivity contribution is 7.80. The van der Waals surface area contributed by atoms with Crippen LogP contribution in [0.3, 0.4) is 0 Å². The maximum atomic E-state index is 11.6. The van der Waals surface area contributed by atoms with Crippen molar-refractivity contribution in [3.05, 3.63) is 0 Å². The third-order valence-corrected chi connectivity index (χ3v) is 2.97. The molecule has 1 rings (SSSR count). The number of ether oxygens (including phenoxy) is 1. The van der Waals surface area contributed by atoms with Crippen molar-refractivity contribution < 1.29 is 9.53 Å². The number of thiocarbonyl (C=S) groups is 1. The summed E-state index contributed by atoms with van der Waals surface area (Å²) in [5, 5.41) is 2.81. The first-order valence-corrected chi connectivity index (χ1v) is 6.51. The van der Waals surface area contributed by atoms with Gasteiger partial charge in [-0.15, -0.1) is 0 Å². The summed E-state index contributed by atoms with van der Waals surface area (Å²) in [7, 11) is 1.62. The average Bonchev–Trinajstić information content (AvgIpc) is 2.31. The predicted molar refractivity (Wildman–Crippen MR) is 74.6 cm³/mol. The van der Waals surface area contributed by atoms with Crippen LogP contribution in [0.2, 0.25) is 0 Å². The highest BCUT2D eigenvalue weighted by Crippen LogP contribution is 2.00. The molecule has 7 heteroatoms. The van der Waals surface area contributed by atoms with E-state index in [1.807, 2.05) is 0 Å². The van der Waals surface area contributed by atoms with Crippen LogP contribution in [0.1, 0.15) is 0 Å². The minimum atomic E-state index is 0.0508. The Bertz CT molecular complexity index is 280. The van der Waals surface area contributed by atoms with Gasteiger partial charge in [0.1, 0.15) is 0 Å². The van der Waals surface area contributed by atoms with Crippen LogP contribution in [0.15, 0.2) is 0 Å². The minimum Gasteiger partial charge on any atom is -0.392 e. The van der Waals surface area contributed by atoms with Crippen molar-refractivity contribution >= 4 is 23.1 Å². The van der Waals surface area contributed by atoms with Crippen LogP contribution in [0.5, 0.6) is 0 Å². The van der Waals surface area contributed by atoms with Gasteiger partial charge in [-0.1, -0.05) is 12.2 Å². The lowest BCUT2D eigenvalue weighted by molar-refractivity contribution is -0.122. The van der Waals surface area contributed by atoms with Gasteiger partial charge < -0.3 is 15.8 Å². The van der Waals surface area contributed by atoms with Gasteiger partial charge in [0.05, 0.1) is 18.1 Å². The number of methoxy groups -OCH3 is 1. The van der Waals surface area contributed by atoms with Crippen molar-refractivity contribution in [2.45, 2.75) is 0 Å². The Labute approximate surface area is 113 Å². The van der Waals surface area contributed by atoms with Crippen LogP contribution in [0, 0.1) is 0 Å². The second-order valence-corrected chi connectivity index (χ2v) is 4.89. The highest BCUT2D eigenvalue weighted by Gasteiger charge is 2.18. The smallest absolute Gasteiger partial charge is 0.234 e. The molecule has 1 saturated heterocycles. The van der Waals surface area contributed by atoms with E-state index in [9.17, 15) is 4.79 Å². The number of carbonyl (C=O) groups is 1. The Balaban J connectivity index is 2.14. The maximum absolute atomic E-state index is 11.6. The summed E-state index contributed by atoms with van der Waals surface area (Å²) >= 11 is 4.88. The number of nitrogens with two attached hydrogens (primary N) is 1. The van der Waals surface area contributed by atoms with E-state index in [1.54, 1.807) is 7.11 Å². The number of rotatable bonds is 7. The van der Waals surface area contributed by atoms with E-state index in [0.717, 1.165) is 26.2 Å². The summed E-state index contributed by atoms with van der Waals surface area (Å²) in [6, 6.07) is 0. The molecule has 0 aliphatic carbocycles. The van der Waals surface area contributed by atoms with Crippen molar-refractivity contribution in [1.82, 2.24) is 15.1 Å². The average molecular weight is 274 g/mol. The number of amides is 1. The molecule has 0 atom stereocenters. The third kappa shape index (κ3) is 6.25. The molecule has 1 heterocycles. The van der Waals surface area contributed by atoms with Gasteiger partial charge in [0.15, 0.2) is 0 Å². The lowest BCUT2D eigenvalue weighted by Crippen LogP contribution is -2.51. The first-order valence-electron chi connectivity index (χ1n) is 6.10. The van der Waals surface area contributed by atoms with E-state index in [2.05, 4.69) is 15.1 Å². The molecule has 0 unspecified atom stereocenters. The summed E-state index contributed by atoms with van der Waals surface area (Å²) in [6.45, 7) is 5.80. The normalized spacial score (nSPS) is 17.6. The van der Waals surface area contributed by atoms with E-state index in [-0.39, 0.29) is 5.91 Å². The molecule has 6 nitrogen and oxygen atoms in total. The van der Waals surface area contributed by atoms with Crippen molar-refractivity contribution in [1.29, 1.82) is 0 Å². The fourth-order valence-electron chi connectivity index (χ4n) is 1.88. The molecule has 3 N–H and O–H groups in total. The van der Waals surface area contributed by atoms with E-state index >= 15 is 0 Å². The van der Waals surface area contributed by atoms with E-state index < -0.39 is 0 Å². The minimum absolute atomic E-state index is 0.0508. The summed E-state index contributed by atoms with van der Waals surface area (Å²) < 4.78 is 4.87. The topological polar surface area (TPSA) is 70.8 Å². The van der Waals surface area contributed by atoms with Gasteiger partial charge in [-0.05, 0) is 0 Å². The van der Waals surface area contributed by atoms with Crippen molar-refractivity contribution in [2.75, 3.05) is 59.5 Å². The summed E-state index contributed by atoms with van der Waals surface area (Å²) in [4.78, 5) is 16.5. The number of piperazine rings is 1. The summed E-state index contributed by atoms with van der Waals surface area (Å²) in [6.07, 6.45) is 0. The van der Waals surface area contributed by atoms with Crippen LogP contribution in [-0.4, -0.2) is 80.2 Å². The molecule has 0 aromatic carbocycles. The Kier molecular flexibility index (Phi) is 7.11. The molecule has 1 aliphatic rings. The van der Waals surface area contributed by atoms with Crippen LogP contribution in [0.25, 0.3) is 0 Å². The zero-order chi connectivity index (χ0) is 13.4. The van der Waals surface area contributed by atoms with Gasteiger partial charge >= 0.3 is 0 Å². The molecule has 0 spiro atoms. The number of carbonyl (C=O) groups excluding carboxylic acids is 1. The van der Waals surface area contributed by atoms with Crippen LogP contribution < -0.4 is 11.1 Å². The first kappa shape index (κ1) is 15.3. The zero-order valence-electron chi connectivity index (χ0n) is 10.9. The number of hydrogen-bond donors (Lipinski definition) is 2. The highest BCUT2D eigenvalue weighted by atomic mass is 32.1. The Morgan fingerprint density at radius 3 is 2.33 bits per heavy atom. The summed E-state index contributed by atoms with van der Waals surface area (Å²) in [5.41, 5.74) is 5.51. The van der Waals surface area contributed by atoms with Crippen molar-refractivity contribution in [2.24, 2.45) is 5.73 Å². The van der Waals surface area contributed by atoms with Crippen LogP contribution in [0.4, 0.5) is 0 Å². The molecule has 104 valence electrons. The SMILES string of the molecule is COCCNC(=O)CN1CCN(CC(N)=S)CC1. The predicted octanol–water partition coefficient (Wildman–Crippen LogP) is -1.35. The molecule has 1 fully saturated rings. The zero-order valence-corrected chi connectivity index (χ0v) is 11.7. The molecule has 0 aromatic heterocycles. The second-order valence-electron chi connectivity index (χ2n) is 4.36. The Morgan fingerprint density at radius 1 is 1.28 bits per heavy atom. The van der Waals surface area contributed by atoms with Crippen molar-refractivity contribution in [3.63, 3.8) is 0 Å². The van der Waals surface area contributed by atoms with E-state index in [0.29, 0.717) is 31.2 Å². The van der Waals surface area contributed by atoms with Gasteiger partial charge in [-0.3, -0.25) is 14.6 Å². The van der Waals surface area contributed by atoms with Crippen molar-refractivity contribution in [3.8, 4) is 0 Å². The molecule has 1 aliphatic heterocycles. The third-order valence-electron chi connectivity index (χ3n) is 2.84. The van der Waals surface area contributed by atoms with Gasteiger partial charge in [0.2, 0.25) is 5.91 Å². The fraction of sp³-hybridized carbons (Fsp3) is 0.818. The first-order chi connectivity index (χ1) is 8.61. The van der Waals surface area contributed by atoms with E-state index in [1.165, 1.54) is 0 Å². The number of nitrogens with zero attached hydrogens (tertiary/aromatic N) is 2. The number of hydrogen-bond acceptors (Lipinski definition) is 5. The second kappa shape index (κ2) is 8.36. The van der Waals surface area contributed by atoms with Crippen LogP contribution >= 0.6 is 12.2 Å². The Hall–Kier alpha value is -0.760. The monoisotopic (exact) mass is 274 g/mol. The quantitative estimate of drug-likeness (QED) is 0.442. The lowest BCUT2D eigenvalue weighted by Gasteiger charge is -2.33. The Morgan fingerprint density at radius 2 is 1.83 bits per heavy atom. The molecule has 1 amide bonds. The fourth-order valence-corrected chi connectivity index (χ4v) is 2.06. The largest absolute Gasteiger partial charge is 0.392 e. The van der Waals surface area contributed by atoms with Crippen LogP contribution in [-0.2, 0) is 9.53 Å². The van der Waals surface area contributed by atoms with Gasteiger partial charge in [-0.25, -0.2) is 0 Å². The maximum Gasteiger partial charge on any atom is 0.234 e. The molecule has 0 bridgehead atoms. The molecule has 0 aromatic rings. The molecular weight excluding hydrogens is 252 g/mol. The molecular formula is C11H22N4O2S. The standard InChI is InChI=1S/C11H22N4O2S/c1-17-7-2-13-11(16)9-15-5-3-14(4-6-15)8-10(12)18/h2-9H2,1H3,(H2,12,18)(H,13,16). The van der Waals surface area contributed by atoms with Gasteiger partial charge in [-0.2, -0.15) is 0 Å². The number of nitrogens with one attached hydrogen (secondary N) is 1. The molecule has 0 saturated carbocycles. The van der Waals surface area contributed by atoms with Gasteiger partial charge in [0, 0.05) is 46.4 Å². The molecule has 18 heavy (non-hydrogen) atoms. The summed E-state index contributed by atoms with van der Waals surface area (Å²) in [5.74, 6) is 0.0508.